The largest absolute Gasteiger partial charge is 0.500 e. The Morgan fingerprint density at radius 3 is 2.39 bits per heavy atom. The number of ether oxygens (including phenoxy) is 1. The number of methoxy groups -OCH3 is 1. The average molecular weight is 387 g/mol. The van der Waals surface area contributed by atoms with Gasteiger partial charge in [-0.1, -0.05) is 6.92 Å². The van der Waals surface area contributed by atoms with Crippen molar-refractivity contribution >= 4 is 5.91 Å². The highest BCUT2D eigenvalue weighted by atomic mass is 16.5. The Morgan fingerprint density at radius 1 is 1.11 bits per heavy atom. The van der Waals surface area contributed by atoms with Crippen LogP contribution in [0.25, 0.3) is 0 Å². The number of piperazine rings is 1. The molecule has 154 valence electrons. The van der Waals surface area contributed by atoms with Gasteiger partial charge in [-0.15, -0.1) is 0 Å². The van der Waals surface area contributed by atoms with Crippen LogP contribution in [0.5, 0.6) is 0 Å². The van der Waals surface area contributed by atoms with Crippen LogP contribution in [0.4, 0.5) is 0 Å². The van der Waals surface area contributed by atoms with Gasteiger partial charge in [0.25, 0.3) is 0 Å². The number of nitrogens with zero attached hydrogens (tertiary/aromatic N) is 4. The number of allylic oxidation sites excluding steroid dienone is 1. The van der Waals surface area contributed by atoms with E-state index in [0.29, 0.717) is 5.91 Å². The summed E-state index contributed by atoms with van der Waals surface area (Å²) in [7, 11) is 1.74. The zero-order valence-electron chi connectivity index (χ0n) is 17.3. The molecule has 6 nitrogen and oxygen atoms in total. The predicted octanol–water partition coefficient (Wildman–Crippen LogP) is 2.38. The minimum absolute atomic E-state index is 0.190. The first-order valence-corrected chi connectivity index (χ1v) is 10.5. The van der Waals surface area contributed by atoms with E-state index >= 15 is 0 Å². The first-order chi connectivity index (χ1) is 13.7. The smallest absolute Gasteiger partial charge is 0.225 e. The van der Waals surface area contributed by atoms with Gasteiger partial charge in [0.05, 0.1) is 13.7 Å². The molecular weight excluding hydrogens is 352 g/mol. The molecule has 3 heterocycles. The lowest BCUT2D eigenvalue weighted by Gasteiger charge is -2.38. The summed E-state index contributed by atoms with van der Waals surface area (Å²) >= 11 is 0. The molecular formula is C22H34N4O2. The SMILES string of the molecule is CC/C=C(/CN1CCN(C(=O)C2CCN(Cc3ccncc3)CC2)CC1)OC. The molecule has 0 aliphatic carbocycles. The van der Waals surface area contributed by atoms with E-state index in [4.69, 9.17) is 4.74 Å². The van der Waals surface area contributed by atoms with E-state index in [-0.39, 0.29) is 5.92 Å². The topological polar surface area (TPSA) is 48.9 Å². The average Bonchev–Trinajstić information content (AvgIpc) is 2.75. The van der Waals surface area contributed by atoms with Gasteiger partial charge in [-0.3, -0.25) is 19.6 Å². The van der Waals surface area contributed by atoms with Crippen molar-refractivity contribution in [3.63, 3.8) is 0 Å². The number of pyridine rings is 1. The van der Waals surface area contributed by atoms with E-state index in [2.05, 4.69) is 44.8 Å². The van der Waals surface area contributed by atoms with Crippen molar-refractivity contribution in [2.75, 3.05) is 52.9 Å². The fourth-order valence-corrected chi connectivity index (χ4v) is 4.13. The molecule has 0 radical (unpaired) electrons. The molecule has 0 bridgehead atoms. The molecule has 0 spiro atoms. The predicted molar refractivity (Wildman–Crippen MR) is 111 cm³/mol. The molecule has 6 heteroatoms. The summed E-state index contributed by atoms with van der Waals surface area (Å²) < 4.78 is 5.45. The van der Waals surface area contributed by atoms with Gasteiger partial charge >= 0.3 is 0 Å². The summed E-state index contributed by atoms with van der Waals surface area (Å²) in [6.45, 7) is 9.44. The number of rotatable bonds is 7. The Morgan fingerprint density at radius 2 is 1.79 bits per heavy atom. The third-order valence-corrected chi connectivity index (χ3v) is 5.85. The van der Waals surface area contributed by atoms with Crippen molar-refractivity contribution in [3.05, 3.63) is 41.9 Å². The zero-order chi connectivity index (χ0) is 19.8. The van der Waals surface area contributed by atoms with Crippen molar-refractivity contribution in [2.45, 2.75) is 32.7 Å². The van der Waals surface area contributed by atoms with Gasteiger partial charge in [0, 0.05) is 51.0 Å². The Hall–Kier alpha value is -1.92. The highest BCUT2D eigenvalue weighted by Crippen LogP contribution is 2.22. The number of carbonyl (C=O) groups excluding carboxylic acids is 1. The van der Waals surface area contributed by atoms with Crippen molar-refractivity contribution in [1.29, 1.82) is 0 Å². The van der Waals surface area contributed by atoms with E-state index in [1.54, 1.807) is 7.11 Å². The van der Waals surface area contributed by atoms with Crippen LogP contribution < -0.4 is 0 Å². The van der Waals surface area contributed by atoms with Gasteiger partial charge in [-0.05, 0) is 56.1 Å². The molecule has 1 aromatic rings. The standard InChI is InChI=1S/C22H34N4O2/c1-3-4-21(28-2)18-25-13-15-26(16-14-25)22(27)20-7-11-24(12-8-20)17-19-5-9-23-10-6-19/h4-6,9-10,20H,3,7-8,11-18H2,1-2H3/b21-4-. The first-order valence-electron chi connectivity index (χ1n) is 10.5. The number of aromatic nitrogens is 1. The quantitative estimate of drug-likeness (QED) is 0.674. The maximum atomic E-state index is 13.0. The van der Waals surface area contributed by atoms with Crippen LogP contribution in [0.1, 0.15) is 31.7 Å². The van der Waals surface area contributed by atoms with Crippen molar-refractivity contribution in [3.8, 4) is 0 Å². The van der Waals surface area contributed by atoms with Crippen LogP contribution in [-0.4, -0.2) is 78.5 Å². The van der Waals surface area contributed by atoms with Crippen molar-refractivity contribution in [2.24, 2.45) is 5.92 Å². The van der Waals surface area contributed by atoms with Crippen molar-refractivity contribution < 1.29 is 9.53 Å². The van der Waals surface area contributed by atoms with Crippen LogP contribution in [0.2, 0.25) is 0 Å². The molecule has 0 aromatic carbocycles. The minimum atomic E-state index is 0.190. The highest BCUT2D eigenvalue weighted by molar-refractivity contribution is 5.79. The second-order valence-corrected chi connectivity index (χ2v) is 7.79. The highest BCUT2D eigenvalue weighted by Gasteiger charge is 2.30. The lowest BCUT2D eigenvalue weighted by molar-refractivity contribution is -0.138. The number of likely N-dealkylation sites (tertiary alicyclic amines) is 1. The molecule has 0 atom stereocenters. The molecule has 2 fully saturated rings. The minimum Gasteiger partial charge on any atom is -0.500 e. The number of amides is 1. The van der Waals surface area contributed by atoms with E-state index in [9.17, 15) is 4.79 Å². The molecule has 0 N–H and O–H groups in total. The molecule has 2 aliphatic rings. The number of piperidine rings is 1. The van der Waals surface area contributed by atoms with Gasteiger partial charge in [0.2, 0.25) is 5.91 Å². The van der Waals surface area contributed by atoms with Crippen LogP contribution in [0.3, 0.4) is 0 Å². The molecule has 2 saturated heterocycles. The van der Waals surface area contributed by atoms with Crippen LogP contribution in [0, 0.1) is 5.92 Å². The van der Waals surface area contributed by atoms with Crippen LogP contribution >= 0.6 is 0 Å². The van der Waals surface area contributed by atoms with Gasteiger partial charge in [-0.2, -0.15) is 0 Å². The van der Waals surface area contributed by atoms with E-state index in [1.807, 2.05) is 12.4 Å². The summed E-state index contributed by atoms with van der Waals surface area (Å²) in [4.78, 5) is 23.9. The monoisotopic (exact) mass is 386 g/mol. The Kier molecular flexibility index (Phi) is 7.86. The maximum Gasteiger partial charge on any atom is 0.225 e. The summed E-state index contributed by atoms with van der Waals surface area (Å²) in [6, 6.07) is 4.14. The van der Waals surface area contributed by atoms with Gasteiger partial charge < -0.3 is 9.64 Å². The maximum absolute atomic E-state index is 13.0. The molecule has 28 heavy (non-hydrogen) atoms. The second kappa shape index (κ2) is 10.6. The van der Waals surface area contributed by atoms with Gasteiger partial charge in [0.15, 0.2) is 0 Å². The summed E-state index contributed by atoms with van der Waals surface area (Å²) in [6.07, 6.45) is 8.75. The third kappa shape index (κ3) is 5.79. The van der Waals surface area contributed by atoms with E-state index in [1.165, 1.54) is 5.56 Å². The molecule has 0 saturated carbocycles. The number of carbonyl (C=O) groups is 1. The third-order valence-electron chi connectivity index (χ3n) is 5.85. The fourth-order valence-electron chi connectivity index (χ4n) is 4.13. The lowest BCUT2D eigenvalue weighted by atomic mass is 9.94. The fraction of sp³-hybridized carbons (Fsp3) is 0.636. The van der Waals surface area contributed by atoms with Gasteiger partial charge in [-0.25, -0.2) is 0 Å². The van der Waals surface area contributed by atoms with Crippen molar-refractivity contribution in [1.82, 2.24) is 19.7 Å². The Bertz CT molecular complexity index is 633. The van der Waals surface area contributed by atoms with E-state index < -0.39 is 0 Å². The summed E-state index contributed by atoms with van der Waals surface area (Å²) in [5.41, 5.74) is 1.29. The summed E-state index contributed by atoms with van der Waals surface area (Å²) in [5, 5.41) is 0. The molecule has 2 aliphatic heterocycles. The number of hydrogen-bond donors (Lipinski definition) is 0. The van der Waals surface area contributed by atoms with Gasteiger partial charge in [0.1, 0.15) is 5.76 Å². The molecule has 1 aromatic heterocycles. The molecule has 0 unspecified atom stereocenters. The number of hydrogen-bond acceptors (Lipinski definition) is 5. The first kappa shape index (κ1) is 20.8. The zero-order valence-corrected chi connectivity index (χ0v) is 17.3. The van der Waals surface area contributed by atoms with Crippen LogP contribution in [-0.2, 0) is 16.1 Å². The summed E-state index contributed by atoms with van der Waals surface area (Å²) in [5.74, 6) is 1.58. The second-order valence-electron chi connectivity index (χ2n) is 7.79. The van der Waals surface area contributed by atoms with Crippen LogP contribution in [0.15, 0.2) is 36.4 Å². The lowest BCUT2D eigenvalue weighted by Crippen LogP contribution is -2.51. The Balaban J connectivity index is 1.40. The normalized spacial score (nSPS) is 20.4. The molecule has 1 amide bonds. The van der Waals surface area contributed by atoms with E-state index in [0.717, 1.165) is 77.4 Å². The molecule has 3 rings (SSSR count). The Labute approximate surface area is 169 Å².